The zero-order valence-electron chi connectivity index (χ0n) is 18.7. The highest BCUT2D eigenvalue weighted by atomic mass is 32.1. The van der Waals surface area contributed by atoms with E-state index in [1.807, 2.05) is 20.8 Å². The van der Waals surface area contributed by atoms with Crippen LogP contribution in [-0.2, 0) is 20.9 Å². The molecule has 1 N–H and O–H groups in total. The molecule has 0 radical (unpaired) electrons. The first kappa shape index (κ1) is 24.8. The summed E-state index contributed by atoms with van der Waals surface area (Å²) in [5.41, 5.74) is 1.18. The summed E-state index contributed by atoms with van der Waals surface area (Å²) in [5, 5.41) is 6.67. The zero-order chi connectivity index (χ0) is 22.7. The van der Waals surface area contributed by atoms with Crippen LogP contribution in [0.3, 0.4) is 0 Å². The summed E-state index contributed by atoms with van der Waals surface area (Å²) in [5.74, 6) is 0.989. The Morgan fingerprint density at radius 1 is 1.23 bits per heavy atom. The van der Waals surface area contributed by atoms with Crippen molar-refractivity contribution in [2.24, 2.45) is 0 Å². The van der Waals surface area contributed by atoms with Gasteiger partial charge in [0, 0.05) is 11.3 Å². The molecule has 2 aromatic rings. The Hall–Kier alpha value is -2.45. The summed E-state index contributed by atoms with van der Waals surface area (Å²) in [6, 6.07) is 7.00. The maximum absolute atomic E-state index is 11.6. The van der Waals surface area contributed by atoms with Crippen LogP contribution in [0.4, 0.5) is 0 Å². The van der Waals surface area contributed by atoms with Crippen LogP contribution in [0.1, 0.15) is 67.5 Å². The number of thiazole rings is 1. The second-order valence-corrected chi connectivity index (χ2v) is 8.95. The molecule has 0 saturated carbocycles. The van der Waals surface area contributed by atoms with Gasteiger partial charge in [0.05, 0.1) is 22.9 Å². The standard InChI is InChI=1S/C18H22N2O3S.C5H10O2/c1-2-22-18(21)14-3-5-16(6-4-14)23-11-15-12-24-17(20-15)13-7-9-19-10-8-13;1-5(2,3)7-4-6/h3-6,12-13,19H,2,7-11H2,1H3;4H,1-3H3. The lowest BCUT2D eigenvalue weighted by Gasteiger charge is -2.20. The van der Waals surface area contributed by atoms with E-state index in [1.165, 1.54) is 5.01 Å². The van der Waals surface area contributed by atoms with Crippen molar-refractivity contribution in [1.29, 1.82) is 0 Å². The minimum Gasteiger partial charge on any atom is -0.487 e. The van der Waals surface area contributed by atoms with Crippen molar-refractivity contribution in [3.63, 3.8) is 0 Å². The molecule has 31 heavy (non-hydrogen) atoms. The highest BCUT2D eigenvalue weighted by Crippen LogP contribution is 2.28. The summed E-state index contributed by atoms with van der Waals surface area (Å²) < 4.78 is 15.3. The van der Waals surface area contributed by atoms with E-state index >= 15 is 0 Å². The molecule has 2 heterocycles. The van der Waals surface area contributed by atoms with Crippen LogP contribution in [0.15, 0.2) is 29.6 Å². The first-order chi connectivity index (χ1) is 14.8. The summed E-state index contributed by atoms with van der Waals surface area (Å²) in [6.07, 6.45) is 2.31. The van der Waals surface area contributed by atoms with Crippen LogP contribution in [-0.4, -0.2) is 42.7 Å². The maximum atomic E-state index is 11.6. The third-order valence-electron chi connectivity index (χ3n) is 4.41. The minimum absolute atomic E-state index is 0.310. The van der Waals surface area contributed by atoms with Gasteiger partial charge in [0.15, 0.2) is 0 Å². The van der Waals surface area contributed by atoms with Crippen LogP contribution in [0, 0.1) is 0 Å². The molecule has 1 aliphatic heterocycles. The molecule has 1 fully saturated rings. The molecule has 0 atom stereocenters. The summed E-state index contributed by atoms with van der Waals surface area (Å²) >= 11 is 1.72. The Kier molecular flexibility index (Phi) is 9.94. The number of carbonyl (C=O) groups is 2. The Morgan fingerprint density at radius 3 is 2.45 bits per heavy atom. The van der Waals surface area contributed by atoms with Crippen molar-refractivity contribution >= 4 is 23.8 Å². The summed E-state index contributed by atoms with van der Waals surface area (Å²) in [7, 11) is 0. The van der Waals surface area contributed by atoms with E-state index < -0.39 is 0 Å². The van der Waals surface area contributed by atoms with Gasteiger partial charge in [0.1, 0.15) is 18.0 Å². The molecule has 8 heteroatoms. The van der Waals surface area contributed by atoms with E-state index in [2.05, 4.69) is 15.4 Å². The molecule has 0 unspecified atom stereocenters. The Balaban J connectivity index is 0.000000423. The average Bonchev–Trinajstić information content (AvgIpc) is 3.22. The maximum Gasteiger partial charge on any atom is 0.338 e. The van der Waals surface area contributed by atoms with Crippen molar-refractivity contribution in [1.82, 2.24) is 10.3 Å². The van der Waals surface area contributed by atoms with Gasteiger partial charge in [-0.25, -0.2) is 9.78 Å². The predicted molar refractivity (Wildman–Crippen MR) is 121 cm³/mol. The average molecular weight is 449 g/mol. The second-order valence-electron chi connectivity index (χ2n) is 8.06. The number of esters is 1. The van der Waals surface area contributed by atoms with Gasteiger partial charge in [0.25, 0.3) is 6.47 Å². The van der Waals surface area contributed by atoms with Gasteiger partial charge in [-0.1, -0.05) is 0 Å². The van der Waals surface area contributed by atoms with E-state index in [0.717, 1.165) is 37.4 Å². The van der Waals surface area contributed by atoms with Crippen molar-refractivity contribution < 1.29 is 23.8 Å². The molecule has 0 spiro atoms. The number of piperidine rings is 1. The molecule has 170 valence electrons. The predicted octanol–water partition coefficient (Wildman–Crippen LogP) is 4.32. The number of aromatic nitrogens is 1. The van der Waals surface area contributed by atoms with Crippen molar-refractivity contribution in [3.05, 3.63) is 45.9 Å². The Morgan fingerprint density at radius 2 is 1.90 bits per heavy atom. The number of ether oxygens (including phenoxy) is 3. The summed E-state index contributed by atoms with van der Waals surface area (Å²) in [4.78, 5) is 25.9. The van der Waals surface area contributed by atoms with Crippen LogP contribution in [0.25, 0.3) is 0 Å². The monoisotopic (exact) mass is 448 g/mol. The van der Waals surface area contributed by atoms with Gasteiger partial charge in [-0.3, -0.25) is 4.79 Å². The number of benzene rings is 1. The van der Waals surface area contributed by atoms with Crippen LogP contribution in [0.2, 0.25) is 0 Å². The third-order valence-corrected chi connectivity index (χ3v) is 5.47. The molecular formula is C23H32N2O5S. The number of hydrogen-bond acceptors (Lipinski definition) is 8. The van der Waals surface area contributed by atoms with Gasteiger partial charge < -0.3 is 19.5 Å². The smallest absolute Gasteiger partial charge is 0.338 e. The molecule has 1 aliphatic rings. The number of rotatable bonds is 7. The van der Waals surface area contributed by atoms with E-state index in [4.69, 9.17) is 14.5 Å². The molecule has 1 aromatic heterocycles. The fraction of sp³-hybridized carbons (Fsp3) is 0.522. The zero-order valence-corrected chi connectivity index (χ0v) is 19.5. The van der Waals surface area contributed by atoms with Gasteiger partial charge in [-0.15, -0.1) is 11.3 Å². The van der Waals surface area contributed by atoms with Crippen molar-refractivity contribution in [3.8, 4) is 5.75 Å². The first-order valence-corrected chi connectivity index (χ1v) is 11.4. The molecule has 0 amide bonds. The van der Waals surface area contributed by atoms with Crippen molar-refractivity contribution in [2.45, 2.75) is 58.7 Å². The molecular weight excluding hydrogens is 416 g/mol. The number of hydrogen-bond donors (Lipinski definition) is 1. The lowest BCUT2D eigenvalue weighted by Crippen LogP contribution is -2.26. The Bertz CT molecular complexity index is 808. The van der Waals surface area contributed by atoms with E-state index in [1.54, 1.807) is 42.5 Å². The van der Waals surface area contributed by atoms with Gasteiger partial charge in [-0.2, -0.15) is 0 Å². The highest BCUT2D eigenvalue weighted by molar-refractivity contribution is 7.09. The normalized spacial score (nSPS) is 14.2. The van der Waals surface area contributed by atoms with Gasteiger partial charge in [-0.05, 0) is 77.9 Å². The molecule has 0 aliphatic carbocycles. The molecule has 1 aromatic carbocycles. The first-order valence-electron chi connectivity index (χ1n) is 10.5. The topological polar surface area (TPSA) is 86.8 Å². The SMILES string of the molecule is CC(C)(C)OC=O.CCOC(=O)c1ccc(OCc2csc(C3CCNCC3)n2)cc1. The number of nitrogens with one attached hydrogen (secondary N) is 1. The molecule has 3 rings (SSSR count). The summed E-state index contributed by atoms with van der Waals surface area (Å²) in [6.45, 7) is 10.7. The van der Waals surface area contributed by atoms with Crippen LogP contribution < -0.4 is 10.1 Å². The van der Waals surface area contributed by atoms with E-state index in [9.17, 15) is 9.59 Å². The van der Waals surface area contributed by atoms with Gasteiger partial charge in [0.2, 0.25) is 0 Å². The second kappa shape index (κ2) is 12.4. The Labute approximate surface area is 188 Å². The quantitative estimate of drug-likeness (QED) is 0.498. The minimum atomic E-state index is -0.318. The third kappa shape index (κ3) is 9.06. The highest BCUT2D eigenvalue weighted by Gasteiger charge is 2.18. The fourth-order valence-electron chi connectivity index (χ4n) is 2.85. The number of nitrogens with zero attached hydrogens (tertiary/aromatic N) is 1. The van der Waals surface area contributed by atoms with E-state index in [0.29, 0.717) is 31.2 Å². The van der Waals surface area contributed by atoms with E-state index in [-0.39, 0.29) is 11.6 Å². The number of carbonyl (C=O) groups excluding carboxylic acids is 2. The molecule has 7 nitrogen and oxygen atoms in total. The molecule has 1 saturated heterocycles. The molecule has 0 bridgehead atoms. The lowest BCUT2D eigenvalue weighted by molar-refractivity contribution is -0.138. The largest absolute Gasteiger partial charge is 0.487 e. The van der Waals surface area contributed by atoms with Crippen LogP contribution in [0.5, 0.6) is 5.75 Å². The lowest BCUT2D eigenvalue weighted by atomic mass is 9.99. The van der Waals surface area contributed by atoms with Gasteiger partial charge >= 0.3 is 5.97 Å². The fourth-order valence-corrected chi connectivity index (χ4v) is 3.82. The van der Waals surface area contributed by atoms with Crippen molar-refractivity contribution in [2.75, 3.05) is 19.7 Å². The van der Waals surface area contributed by atoms with Crippen LogP contribution >= 0.6 is 11.3 Å².